The molecule has 3 atom stereocenters. The quantitative estimate of drug-likeness (QED) is 0.337. The summed E-state index contributed by atoms with van der Waals surface area (Å²) in [4.78, 5) is 48.3. The first kappa shape index (κ1) is 29.9. The third-order valence-electron chi connectivity index (χ3n) is 7.81. The lowest BCUT2D eigenvalue weighted by molar-refractivity contribution is -0.137. The molecule has 0 spiro atoms. The van der Waals surface area contributed by atoms with Gasteiger partial charge < -0.3 is 20.4 Å². The van der Waals surface area contributed by atoms with Gasteiger partial charge in [-0.05, 0) is 69.3 Å². The van der Waals surface area contributed by atoms with Crippen molar-refractivity contribution >= 4 is 17.7 Å². The van der Waals surface area contributed by atoms with Crippen LogP contribution >= 0.6 is 0 Å². The Morgan fingerprint density at radius 3 is 2.29 bits per heavy atom. The molecule has 0 unspecified atom stereocenters. The summed E-state index contributed by atoms with van der Waals surface area (Å²) in [7, 11) is 1.73. The second-order valence-electron chi connectivity index (χ2n) is 10.7. The van der Waals surface area contributed by atoms with Crippen molar-refractivity contribution in [3.05, 3.63) is 102 Å². The van der Waals surface area contributed by atoms with Crippen LogP contribution in [0.1, 0.15) is 47.7 Å². The molecule has 0 radical (unpaired) electrons. The standard InChI is InChI=1S/C33H41N5O3/c1-25(34-2)31(39)36-30(18-17-26-11-5-3-6-12-26)33(41)38-21-10-16-29(38)24-37(22-19-27-13-7-4-8-14-27)32(40)28-15-9-20-35-23-28/h3-9,11-15,20,23,25,29-30,34H,10,16-19,21-22,24H2,1-2H3,(H,36,39)/t25-,29-,30-/m0/s1. The van der Waals surface area contributed by atoms with Gasteiger partial charge in [0.25, 0.3) is 5.91 Å². The number of nitrogens with zero attached hydrogens (tertiary/aromatic N) is 3. The highest BCUT2D eigenvalue weighted by Gasteiger charge is 2.36. The van der Waals surface area contributed by atoms with E-state index in [-0.39, 0.29) is 23.8 Å². The predicted molar refractivity (Wildman–Crippen MR) is 160 cm³/mol. The van der Waals surface area contributed by atoms with Gasteiger partial charge in [-0.1, -0.05) is 60.7 Å². The molecule has 0 aliphatic carbocycles. The molecule has 1 saturated heterocycles. The van der Waals surface area contributed by atoms with Gasteiger partial charge in [-0.15, -0.1) is 0 Å². The third kappa shape index (κ3) is 8.47. The predicted octanol–water partition coefficient (Wildman–Crippen LogP) is 3.48. The SMILES string of the molecule is CN[C@@H](C)C(=O)N[C@@H](CCc1ccccc1)C(=O)N1CCC[C@H]1CN(CCc1ccccc1)C(=O)c1cccnc1. The Kier molecular flexibility index (Phi) is 11.0. The number of aryl methyl sites for hydroxylation is 1. The highest BCUT2D eigenvalue weighted by atomic mass is 16.2. The molecular weight excluding hydrogens is 514 g/mol. The van der Waals surface area contributed by atoms with Crippen LogP contribution in [0, 0.1) is 0 Å². The minimum atomic E-state index is -0.647. The van der Waals surface area contributed by atoms with Crippen LogP contribution in [0.4, 0.5) is 0 Å². The van der Waals surface area contributed by atoms with Gasteiger partial charge in [0.05, 0.1) is 11.6 Å². The molecule has 0 saturated carbocycles. The number of likely N-dealkylation sites (N-methyl/N-ethyl adjacent to an activating group) is 1. The number of amides is 3. The number of carbonyl (C=O) groups is 3. The van der Waals surface area contributed by atoms with Gasteiger partial charge in [0.15, 0.2) is 0 Å². The van der Waals surface area contributed by atoms with E-state index in [2.05, 4.69) is 27.8 Å². The lowest BCUT2D eigenvalue weighted by Crippen LogP contribution is -2.55. The Morgan fingerprint density at radius 1 is 0.976 bits per heavy atom. The van der Waals surface area contributed by atoms with Crippen molar-refractivity contribution < 1.29 is 14.4 Å². The van der Waals surface area contributed by atoms with Gasteiger partial charge in [0.1, 0.15) is 6.04 Å². The first-order valence-electron chi connectivity index (χ1n) is 14.5. The number of pyridine rings is 1. The molecule has 8 nitrogen and oxygen atoms in total. The molecule has 2 N–H and O–H groups in total. The smallest absolute Gasteiger partial charge is 0.255 e. The molecule has 41 heavy (non-hydrogen) atoms. The van der Waals surface area contributed by atoms with Crippen molar-refractivity contribution in [1.29, 1.82) is 0 Å². The number of rotatable bonds is 13. The van der Waals surface area contributed by atoms with E-state index in [0.29, 0.717) is 44.5 Å². The minimum absolute atomic E-state index is 0.0862. The van der Waals surface area contributed by atoms with Gasteiger partial charge in [-0.3, -0.25) is 19.4 Å². The van der Waals surface area contributed by atoms with Crippen LogP contribution in [-0.2, 0) is 22.4 Å². The maximum absolute atomic E-state index is 14.0. The maximum atomic E-state index is 14.0. The zero-order valence-electron chi connectivity index (χ0n) is 24.0. The molecule has 3 aromatic rings. The lowest BCUT2D eigenvalue weighted by Gasteiger charge is -2.33. The highest BCUT2D eigenvalue weighted by molar-refractivity contribution is 5.94. The summed E-state index contributed by atoms with van der Waals surface area (Å²) in [5, 5.41) is 5.96. The summed E-state index contributed by atoms with van der Waals surface area (Å²) in [5.74, 6) is -0.382. The van der Waals surface area contributed by atoms with E-state index in [1.165, 1.54) is 0 Å². The van der Waals surface area contributed by atoms with Crippen LogP contribution in [0.5, 0.6) is 0 Å². The second-order valence-corrected chi connectivity index (χ2v) is 10.7. The van der Waals surface area contributed by atoms with Gasteiger partial charge >= 0.3 is 0 Å². The summed E-state index contributed by atoms with van der Waals surface area (Å²) >= 11 is 0. The first-order valence-corrected chi connectivity index (χ1v) is 14.5. The lowest BCUT2D eigenvalue weighted by atomic mass is 10.0. The number of benzene rings is 2. The van der Waals surface area contributed by atoms with E-state index >= 15 is 0 Å². The van der Waals surface area contributed by atoms with Crippen molar-refractivity contribution in [2.75, 3.05) is 26.7 Å². The van der Waals surface area contributed by atoms with Crippen molar-refractivity contribution in [3.63, 3.8) is 0 Å². The van der Waals surface area contributed by atoms with E-state index in [1.807, 2.05) is 58.3 Å². The minimum Gasteiger partial charge on any atom is -0.343 e. The Balaban J connectivity index is 1.50. The number of likely N-dealkylation sites (tertiary alicyclic amines) is 1. The number of nitrogens with one attached hydrogen (secondary N) is 2. The van der Waals surface area contributed by atoms with Gasteiger partial charge in [0.2, 0.25) is 11.8 Å². The van der Waals surface area contributed by atoms with Crippen molar-refractivity contribution in [3.8, 4) is 0 Å². The van der Waals surface area contributed by atoms with E-state index in [0.717, 1.165) is 24.0 Å². The van der Waals surface area contributed by atoms with Crippen LogP contribution in [-0.4, -0.2) is 77.3 Å². The fraction of sp³-hybridized carbons (Fsp3) is 0.394. The molecule has 1 aliphatic rings. The van der Waals surface area contributed by atoms with Crippen LogP contribution in [0.3, 0.4) is 0 Å². The third-order valence-corrected chi connectivity index (χ3v) is 7.81. The normalized spacial score (nSPS) is 16.1. The average Bonchev–Trinajstić information content (AvgIpc) is 3.49. The fourth-order valence-electron chi connectivity index (χ4n) is 5.27. The number of aromatic nitrogens is 1. The fourth-order valence-corrected chi connectivity index (χ4v) is 5.27. The molecule has 3 amide bonds. The number of carbonyl (C=O) groups excluding carboxylic acids is 3. The molecule has 1 aliphatic heterocycles. The molecule has 1 fully saturated rings. The van der Waals surface area contributed by atoms with Crippen molar-refractivity contribution in [2.45, 2.75) is 57.2 Å². The Hall–Kier alpha value is -4.04. The molecule has 1 aromatic heterocycles. The summed E-state index contributed by atoms with van der Waals surface area (Å²) in [6, 6.07) is 22.4. The van der Waals surface area contributed by atoms with E-state index in [4.69, 9.17) is 0 Å². The van der Waals surface area contributed by atoms with Crippen LogP contribution in [0.25, 0.3) is 0 Å². The average molecular weight is 556 g/mol. The zero-order valence-corrected chi connectivity index (χ0v) is 24.0. The summed E-state index contributed by atoms with van der Waals surface area (Å²) in [5.41, 5.74) is 2.80. The van der Waals surface area contributed by atoms with Crippen molar-refractivity contribution in [2.24, 2.45) is 0 Å². The molecule has 4 rings (SSSR count). The summed E-state index contributed by atoms with van der Waals surface area (Å²) in [6.07, 6.45) is 6.80. The largest absolute Gasteiger partial charge is 0.343 e. The molecule has 0 bridgehead atoms. The monoisotopic (exact) mass is 555 g/mol. The molecule has 8 heteroatoms. The highest BCUT2D eigenvalue weighted by Crippen LogP contribution is 2.22. The Morgan fingerprint density at radius 2 is 1.66 bits per heavy atom. The second kappa shape index (κ2) is 15.1. The Labute approximate surface area is 243 Å². The van der Waals surface area contributed by atoms with Gasteiger partial charge in [0, 0.05) is 38.1 Å². The van der Waals surface area contributed by atoms with E-state index < -0.39 is 12.1 Å². The molecule has 2 aromatic carbocycles. The van der Waals surface area contributed by atoms with Gasteiger partial charge in [-0.25, -0.2) is 0 Å². The molecule has 2 heterocycles. The topological polar surface area (TPSA) is 94.6 Å². The molecular formula is C33H41N5O3. The summed E-state index contributed by atoms with van der Waals surface area (Å²) < 4.78 is 0. The van der Waals surface area contributed by atoms with Crippen molar-refractivity contribution in [1.82, 2.24) is 25.4 Å². The summed E-state index contributed by atoms with van der Waals surface area (Å²) in [6.45, 7) is 3.35. The molecule has 216 valence electrons. The zero-order chi connectivity index (χ0) is 29.0. The van der Waals surface area contributed by atoms with Crippen LogP contribution in [0.15, 0.2) is 85.2 Å². The van der Waals surface area contributed by atoms with E-state index in [1.54, 1.807) is 38.5 Å². The van der Waals surface area contributed by atoms with Crippen LogP contribution < -0.4 is 10.6 Å². The first-order chi connectivity index (χ1) is 20.0. The van der Waals surface area contributed by atoms with E-state index in [9.17, 15) is 14.4 Å². The number of hydrogen-bond donors (Lipinski definition) is 2. The maximum Gasteiger partial charge on any atom is 0.255 e. The van der Waals surface area contributed by atoms with Gasteiger partial charge in [-0.2, -0.15) is 0 Å². The Bertz CT molecular complexity index is 1260. The van der Waals surface area contributed by atoms with Crippen LogP contribution in [0.2, 0.25) is 0 Å². The number of hydrogen-bond acceptors (Lipinski definition) is 5.